The highest BCUT2D eigenvalue weighted by Crippen LogP contribution is 2.12. The number of nitrogens with one attached hydrogen (secondary N) is 2. The van der Waals surface area contributed by atoms with Gasteiger partial charge in [0.1, 0.15) is 17.7 Å². The van der Waals surface area contributed by atoms with E-state index >= 15 is 0 Å². The van der Waals surface area contributed by atoms with E-state index in [9.17, 15) is 23.5 Å². The second-order valence-electron chi connectivity index (χ2n) is 6.31. The lowest BCUT2D eigenvalue weighted by molar-refractivity contribution is 0.108. The third-order valence-corrected chi connectivity index (χ3v) is 4.21. The third-order valence-electron chi connectivity index (χ3n) is 4.21. The van der Waals surface area contributed by atoms with Crippen molar-refractivity contribution in [2.75, 3.05) is 26.2 Å². The van der Waals surface area contributed by atoms with Crippen molar-refractivity contribution in [1.29, 1.82) is 0 Å². The lowest BCUT2D eigenvalue weighted by Crippen LogP contribution is -2.49. The molecular formula is C17H23F2N3O5. The highest BCUT2D eigenvalue weighted by molar-refractivity contribution is 5.69. The van der Waals surface area contributed by atoms with Crippen molar-refractivity contribution >= 4 is 12.2 Å². The fourth-order valence-corrected chi connectivity index (χ4v) is 2.90. The van der Waals surface area contributed by atoms with Crippen molar-refractivity contribution in [3.63, 3.8) is 0 Å². The maximum atomic E-state index is 13.3. The molecule has 10 heteroatoms. The molecule has 0 bridgehead atoms. The standard InChI is InChI=1S/C17H23F2N3O5/c1-2-22-9-13(27-17(22)26)7-20-8-15(23)14(21-16(24)25)5-10-3-11(18)6-12(19)4-10/h3-4,6,13-15,20-21,23H,2,5,7-9H2,1H3,(H,24,25)/t13-,14+,15-/m1/s1. The van der Waals surface area contributed by atoms with Gasteiger partial charge in [-0.05, 0) is 31.0 Å². The molecule has 8 nitrogen and oxygen atoms in total. The highest BCUT2D eigenvalue weighted by Gasteiger charge is 2.30. The molecule has 27 heavy (non-hydrogen) atoms. The van der Waals surface area contributed by atoms with Crippen LogP contribution in [0.2, 0.25) is 0 Å². The number of carboxylic acid groups (broad SMARTS) is 1. The number of likely N-dealkylation sites (N-methyl/N-ethyl adjacent to an activating group) is 1. The van der Waals surface area contributed by atoms with Crippen LogP contribution in [0.4, 0.5) is 18.4 Å². The van der Waals surface area contributed by atoms with Crippen LogP contribution in [-0.4, -0.2) is 71.7 Å². The van der Waals surface area contributed by atoms with Crippen molar-refractivity contribution in [3.05, 3.63) is 35.4 Å². The number of nitrogens with zero attached hydrogens (tertiary/aromatic N) is 1. The van der Waals surface area contributed by atoms with Crippen LogP contribution in [0.25, 0.3) is 0 Å². The average Bonchev–Trinajstić information content (AvgIpc) is 2.92. The summed E-state index contributed by atoms with van der Waals surface area (Å²) in [6.45, 7) is 3.08. The monoisotopic (exact) mass is 387 g/mol. The number of amides is 2. The molecule has 1 fully saturated rings. The second-order valence-corrected chi connectivity index (χ2v) is 6.31. The topological polar surface area (TPSA) is 111 Å². The minimum Gasteiger partial charge on any atom is -0.465 e. The summed E-state index contributed by atoms with van der Waals surface area (Å²) in [5.74, 6) is -1.56. The summed E-state index contributed by atoms with van der Waals surface area (Å²) < 4.78 is 31.8. The number of aliphatic hydroxyl groups is 1. The third kappa shape index (κ3) is 6.33. The van der Waals surface area contributed by atoms with Gasteiger partial charge in [0.25, 0.3) is 0 Å². The molecule has 2 rings (SSSR count). The van der Waals surface area contributed by atoms with Gasteiger partial charge in [-0.15, -0.1) is 0 Å². The van der Waals surface area contributed by atoms with E-state index < -0.39 is 36.0 Å². The Bertz CT molecular complexity index is 656. The van der Waals surface area contributed by atoms with E-state index in [0.717, 1.165) is 12.1 Å². The Morgan fingerprint density at radius 2 is 2.04 bits per heavy atom. The predicted molar refractivity (Wildman–Crippen MR) is 91.4 cm³/mol. The second kappa shape index (κ2) is 9.47. The molecule has 0 aromatic heterocycles. The number of carbonyl (C=O) groups excluding carboxylic acids is 1. The SMILES string of the molecule is CCN1C[C@@H](CNC[C@@H](O)[C@H](Cc2cc(F)cc(F)c2)NC(=O)O)OC1=O. The molecule has 1 aliphatic rings. The molecule has 1 aromatic carbocycles. The van der Waals surface area contributed by atoms with Crippen LogP contribution in [0.1, 0.15) is 12.5 Å². The summed E-state index contributed by atoms with van der Waals surface area (Å²) in [6, 6.07) is 1.90. The summed E-state index contributed by atoms with van der Waals surface area (Å²) in [5.41, 5.74) is 0.216. The van der Waals surface area contributed by atoms with Gasteiger partial charge in [0.15, 0.2) is 0 Å². The van der Waals surface area contributed by atoms with Crippen LogP contribution in [0.15, 0.2) is 18.2 Å². The van der Waals surface area contributed by atoms with E-state index in [2.05, 4.69) is 10.6 Å². The number of ether oxygens (including phenoxy) is 1. The normalized spacial score (nSPS) is 18.9. The number of carbonyl (C=O) groups is 2. The van der Waals surface area contributed by atoms with Gasteiger partial charge in [0, 0.05) is 25.7 Å². The number of hydrogen-bond donors (Lipinski definition) is 4. The van der Waals surface area contributed by atoms with Crippen molar-refractivity contribution in [3.8, 4) is 0 Å². The van der Waals surface area contributed by atoms with Crippen LogP contribution in [-0.2, 0) is 11.2 Å². The molecule has 0 spiro atoms. The number of aliphatic hydroxyl groups excluding tert-OH is 1. The van der Waals surface area contributed by atoms with Gasteiger partial charge in [-0.25, -0.2) is 18.4 Å². The molecule has 0 saturated carbocycles. The summed E-state index contributed by atoms with van der Waals surface area (Å²) in [5, 5.41) is 24.3. The molecule has 0 aliphatic carbocycles. The van der Waals surface area contributed by atoms with Gasteiger partial charge in [0.2, 0.25) is 0 Å². The van der Waals surface area contributed by atoms with Crippen LogP contribution in [0.5, 0.6) is 0 Å². The Kier molecular flexibility index (Phi) is 7.31. The smallest absolute Gasteiger partial charge is 0.410 e. The minimum atomic E-state index is -1.36. The van der Waals surface area contributed by atoms with Gasteiger partial charge in [-0.2, -0.15) is 0 Å². The first kappa shape index (κ1) is 20.8. The number of hydrogen-bond acceptors (Lipinski definition) is 5. The molecule has 2 amide bonds. The molecule has 0 unspecified atom stereocenters. The molecular weight excluding hydrogens is 364 g/mol. The maximum Gasteiger partial charge on any atom is 0.410 e. The molecule has 1 heterocycles. The van der Waals surface area contributed by atoms with Gasteiger partial charge in [0.05, 0.1) is 18.7 Å². The highest BCUT2D eigenvalue weighted by atomic mass is 19.1. The largest absolute Gasteiger partial charge is 0.465 e. The predicted octanol–water partition coefficient (Wildman–Crippen LogP) is 0.935. The van der Waals surface area contributed by atoms with Gasteiger partial charge in [-0.1, -0.05) is 0 Å². The molecule has 0 radical (unpaired) electrons. The van der Waals surface area contributed by atoms with Crippen molar-refractivity contribution < 1.29 is 33.3 Å². The number of rotatable bonds is 9. The molecule has 1 saturated heterocycles. The van der Waals surface area contributed by atoms with E-state index in [-0.39, 0.29) is 31.2 Å². The van der Waals surface area contributed by atoms with Crippen molar-refractivity contribution in [1.82, 2.24) is 15.5 Å². The van der Waals surface area contributed by atoms with Crippen molar-refractivity contribution in [2.45, 2.75) is 31.6 Å². The summed E-state index contributed by atoms with van der Waals surface area (Å²) in [4.78, 5) is 24.0. The van der Waals surface area contributed by atoms with Crippen LogP contribution < -0.4 is 10.6 Å². The molecule has 3 atom stereocenters. The van der Waals surface area contributed by atoms with E-state index in [0.29, 0.717) is 19.2 Å². The number of cyclic esters (lactones) is 1. The van der Waals surface area contributed by atoms with Gasteiger partial charge in [-0.3, -0.25) is 0 Å². The zero-order chi connectivity index (χ0) is 20.0. The minimum absolute atomic E-state index is 0.00290. The van der Waals surface area contributed by atoms with Crippen molar-refractivity contribution in [2.24, 2.45) is 0 Å². The first-order chi connectivity index (χ1) is 12.8. The van der Waals surface area contributed by atoms with E-state index in [4.69, 9.17) is 9.84 Å². The fourth-order valence-electron chi connectivity index (χ4n) is 2.90. The Balaban J connectivity index is 1.89. The molecule has 1 aromatic rings. The molecule has 4 N–H and O–H groups in total. The Labute approximate surface area is 155 Å². The van der Waals surface area contributed by atoms with E-state index in [1.807, 2.05) is 6.92 Å². The van der Waals surface area contributed by atoms with E-state index in [1.165, 1.54) is 4.90 Å². The first-order valence-electron chi connectivity index (χ1n) is 8.57. The van der Waals surface area contributed by atoms with Crippen LogP contribution in [0, 0.1) is 11.6 Å². The van der Waals surface area contributed by atoms with E-state index in [1.54, 1.807) is 0 Å². The fraction of sp³-hybridized carbons (Fsp3) is 0.529. The average molecular weight is 387 g/mol. The summed E-state index contributed by atoms with van der Waals surface area (Å²) >= 11 is 0. The summed E-state index contributed by atoms with van der Waals surface area (Å²) in [7, 11) is 0. The maximum absolute atomic E-state index is 13.3. The zero-order valence-corrected chi connectivity index (χ0v) is 14.8. The number of halogens is 2. The lowest BCUT2D eigenvalue weighted by atomic mass is 10.0. The Hall–Kier alpha value is -2.46. The Morgan fingerprint density at radius 3 is 2.59 bits per heavy atom. The molecule has 1 aliphatic heterocycles. The van der Waals surface area contributed by atoms with Crippen LogP contribution in [0.3, 0.4) is 0 Å². The molecule has 150 valence electrons. The lowest BCUT2D eigenvalue weighted by Gasteiger charge is -2.24. The van der Waals surface area contributed by atoms with Gasteiger partial charge < -0.3 is 30.5 Å². The zero-order valence-electron chi connectivity index (χ0n) is 14.8. The number of benzene rings is 1. The van der Waals surface area contributed by atoms with Crippen LogP contribution >= 0.6 is 0 Å². The quantitative estimate of drug-likeness (QED) is 0.502. The van der Waals surface area contributed by atoms with Gasteiger partial charge >= 0.3 is 12.2 Å². The first-order valence-corrected chi connectivity index (χ1v) is 8.57. The Morgan fingerprint density at radius 1 is 1.37 bits per heavy atom. The summed E-state index contributed by atoms with van der Waals surface area (Å²) in [6.07, 6.45) is -3.38.